The van der Waals surface area contributed by atoms with Gasteiger partial charge in [-0.3, -0.25) is 0 Å². The molecule has 2 heteroatoms. The van der Waals surface area contributed by atoms with E-state index in [4.69, 9.17) is 5.11 Å². The van der Waals surface area contributed by atoms with E-state index >= 15 is 0 Å². The number of hydrogen-bond acceptors (Lipinski definition) is 2. The molecule has 1 aliphatic rings. The zero-order valence-corrected chi connectivity index (χ0v) is 10.3. The van der Waals surface area contributed by atoms with Crippen LogP contribution in [0.15, 0.2) is 48.5 Å². The molecule has 1 atom stereocenters. The number of rotatable bonds is 2. The van der Waals surface area contributed by atoms with Crippen LogP contribution in [0.4, 0.5) is 0 Å². The van der Waals surface area contributed by atoms with Crippen molar-refractivity contribution < 1.29 is 5.11 Å². The predicted octanol–water partition coefficient (Wildman–Crippen LogP) is 2.41. The fraction of sp³-hybridized carbons (Fsp3) is 0.250. The van der Waals surface area contributed by atoms with Gasteiger partial charge >= 0.3 is 0 Å². The van der Waals surface area contributed by atoms with Crippen LogP contribution >= 0.6 is 0 Å². The molecule has 2 aromatic carbocycles. The maximum atomic E-state index is 9.08. The molecular formula is C16H17NO. The highest BCUT2D eigenvalue weighted by molar-refractivity contribution is 5.40. The molecule has 1 heterocycles. The van der Waals surface area contributed by atoms with E-state index in [-0.39, 0.29) is 12.6 Å². The third kappa shape index (κ3) is 2.05. The summed E-state index contributed by atoms with van der Waals surface area (Å²) in [5.41, 5.74) is 5.04. The van der Waals surface area contributed by atoms with Crippen LogP contribution in [-0.4, -0.2) is 11.7 Å². The second kappa shape index (κ2) is 4.92. The van der Waals surface area contributed by atoms with E-state index in [0.29, 0.717) is 0 Å². The van der Waals surface area contributed by atoms with Gasteiger partial charge in [0.05, 0.1) is 12.6 Å². The molecule has 3 rings (SSSR count). The van der Waals surface area contributed by atoms with Crippen LogP contribution in [-0.2, 0) is 13.0 Å². The Bertz CT molecular complexity index is 533. The lowest BCUT2D eigenvalue weighted by Crippen LogP contribution is -2.30. The average Bonchev–Trinajstić information content (AvgIpc) is 2.47. The van der Waals surface area contributed by atoms with E-state index in [1.165, 1.54) is 16.7 Å². The Hall–Kier alpha value is -1.64. The molecule has 0 spiro atoms. The molecule has 0 unspecified atom stereocenters. The zero-order valence-electron chi connectivity index (χ0n) is 10.3. The molecule has 0 aromatic heterocycles. The van der Waals surface area contributed by atoms with Crippen molar-refractivity contribution in [3.8, 4) is 0 Å². The van der Waals surface area contributed by atoms with Gasteiger partial charge in [0.1, 0.15) is 0 Å². The van der Waals surface area contributed by atoms with E-state index in [1.807, 2.05) is 12.1 Å². The van der Waals surface area contributed by atoms with Crippen molar-refractivity contribution in [1.29, 1.82) is 0 Å². The average molecular weight is 239 g/mol. The van der Waals surface area contributed by atoms with Crippen molar-refractivity contribution in [2.45, 2.75) is 19.1 Å². The van der Waals surface area contributed by atoms with E-state index in [9.17, 15) is 0 Å². The Kier molecular flexibility index (Phi) is 3.13. The highest BCUT2D eigenvalue weighted by Crippen LogP contribution is 2.28. The summed E-state index contributed by atoms with van der Waals surface area (Å²) in [7, 11) is 0. The first-order valence-corrected chi connectivity index (χ1v) is 6.39. The number of nitrogens with one attached hydrogen (secondary N) is 1. The molecule has 2 aromatic rings. The third-order valence-electron chi connectivity index (χ3n) is 3.60. The van der Waals surface area contributed by atoms with Gasteiger partial charge in [-0.2, -0.15) is 0 Å². The van der Waals surface area contributed by atoms with Crippen molar-refractivity contribution in [3.63, 3.8) is 0 Å². The zero-order chi connectivity index (χ0) is 12.4. The highest BCUT2D eigenvalue weighted by atomic mass is 16.3. The number of aliphatic hydroxyl groups is 1. The van der Waals surface area contributed by atoms with E-state index in [1.54, 1.807) is 0 Å². The van der Waals surface area contributed by atoms with Gasteiger partial charge in [-0.15, -0.1) is 0 Å². The molecule has 2 N–H and O–H groups in total. The SMILES string of the molecule is OCc1ccc([C@@H]2NCCc3ccccc32)cc1. The first-order chi connectivity index (χ1) is 8.88. The Morgan fingerprint density at radius 1 is 1.06 bits per heavy atom. The quantitative estimate of drug-likeness (QED) is 0.843. The molecule has 92 valence electrons. The maximum Gasteiger partial charge on any atom is 0.0681 e. The Balaban J connectivity index is 1.97. The molecule has 1 aliphatic heterocycles. The first-order valence-electron chi connectivity index (χ1n) is 6.39. The molecule has 0 fully saturated rings. The lowest BCUT2D eigenvalue weighted by Gasteiger charge is -2.27. The van der Waals surface area contributed by atoms with Crippen molar-refractivity contribution in [3.05, 3.63) is 70.8 Å². The van der Waals surface area contributed by atoms with Crippen LogP contribution in [0.2, 0.25) is 0 Å². The molecule has 0 aliphatic carbocycles. The predicted molar refractivity (Wildman–Crippen MR) is 72.4 cm³/mol. The summed E-state index contributed by atoms with van der Waals surface area (Å²) in [5, 5.41) is 12.6. The molecular weight excluding hydrogens is 222 g/mol. The van der Waals surface area contributed by atoms with Gasteiger partial charge in [0.2, 0.25) is 0 Å². The fourth-order valence-corrected chi connectivity index (χ4v) is 2.62. The lowest BCUT2D eigenvalue weighted by molar-refractivity contribution is 0.282. The van der Waals surface area contributed by atoms with Crippen LogP contribution in [0.3, 0.4) is 0 Å². The van der Waals surface area contributed by atoms with Crippen LogP contribution in [0, 0.1) is 0 Å². The maximum absolute atomic E-state index is 9.08. The summed E-state index contributed by atoms with van der Waals surface area (Å²) < 4.78 is 0. The van der Waals surface area contributed by atoms with Gasteiger partial charge in [0, 0.05) is 6.54 Å². The Morgan fingerprint density at radius 2 is 1.83 bits per heavy atom. The van der Waals surface area contributed by atoms with Crippen molar-refractivity contribution in [2.75, 3.05) is 6.54 Å². The van der Waals surface area contributed by atoms with Crippen LogP contribution < -0.4 is 5.32 Å². The summed E-state index contributed by atoms with van der Waals surface area (Å²) in [4.78, 5) is 0. The molecule has 0 saturated heterocycles. The van der Waals surface area contributed by atoms with E-state index in [2.05, 4.69) is 41.7 Å². The number of benzene rings is 2. The van der Waals surface area contributed by atoms with Gasteiger partial charge in [-0.1, -0.05) is 48.5 Å². The summed E-state index contributed by atoms with van der Waals surface area (Å²) in [5.74, 6) is 0. The monoisotopic (exact) mass is 239 g/mol. The molecule has 0 radical (unpaired) electrons. The van der Waals surface area contributed by atoms with Crippen LogP contribution in [0.25, 0.3) is 0 Å². The van der Waals surface area contributed by atoms with E-state index < -0.39 is 0 Å². The van der Waals surface area contributed by atoms with Gasteiger partial charge < -0.3 is 10.4 Å². The standard InChI is InChI=1S/C16H17NO/c18-11-12-5-7-14(8-6-12)16-15-4-2-1-3-13(15)9-10-17-16/h1-8,16-18H,9-11H2/t16-/m0/s1. The summed E-state index contributed by atoms with van der Waals surface area (Å²) in [6, 6.07) is 17.1. The van der Waals surface area contributed by atoms with Crippen LogP contribution in [0.5, 0.6) is 0 Å². The number of fused-ring (bicyclic) bond motifs is 1. The lowest BCUT2D eigenvalue weighted by atomic mass is 9.90. The molecule has 0 saturated carbocycles. The van der Waals surface area contributed by atoms with Crippen LogP contribution in [0.1, 0.15) is 28.3 Å². The first kappa shape index (κ1) is 11.5. The minimum Gasteiger partial charge on any atom is -0.392 e. The molecule has 0 bridgehead atoms. The van der Waals surface area contributed by atoms with Crippen molar-refractivity contribution in [1.82, 2.24) is 5.32 Å². The third-order valence-corrected chi connectivity index (χ3v) is 3.60. The Labute approximate surface area is 107 Å². The van der Waals surface area contributed by atoms with Gasteiger partial charge in [-0.05, 0) is 28.7 Å². The van der Waals surface area contributed by atoms with E-state index in [0.717, 1.165) is 18.5 Å². The Morgan fingerprint density at radius 3 is 2.61 bits per heavy atom. The van der Waals surface area contributed by atoms with Gasteiger partial charge in [0.15, 0.2) is 0 Å². The molecule has 18 heavy (non-hydrogen) atoms. The normalized spacial score (nSPS) is 18.4. The minimum atomic E-state index is 0.106. The highest BCUT2D eigenvalue weighted by Gasteiger charge is 2.20. The smallest absolute Gasteiger partial charge is 0.0681 e. The largest absolute Gasteiger partial charge is 0.392 e. The van der Waals surface area contributed by atoms with Gasteiger partial charge in [-0.25, -0.2) is 0 Å². The number of hydrogen-bond donors (Lipinski definition) is 2. The number of aliphatic hydroxyl groups excluding tert-OH is 1. The second-order valence-corrected chi connectivity index (χ2v) is 4.74. The summed E-state index contributed by atoms with van der Waals surface area (Å²) in [6.07, 6.45) is 1.10. The van der Waals surface area contributed by atoms with Gasteiger partial charge in [0.25, 0.3) is 0 Å². The van der Waals surface area contributed by atoms with Crippen molar-refractivity contribution >= 4 is 0 Å². The minimum absolute atomic E-state index is 0.106. The topological polar surface area (TPSA) is 32.3 Å². The molecule has 0 amide bonds. The summed E-state index contributed by atoms with van der Waals surface area (Å²) in [6.45, 7) is 1.12. The fourth-order valence-electron chi connectivity index (χ4n) is 2.62. The second-order valence-electron chi connectivity index (χ2n) is 4.74. The molecule has 2 nitrogen and oxygen atoms in total. The van der Waals surface area contributed by atoms with Crippen molar-refractivity contribution in [2.24, 2.45) is 0 Å². The summed E-state index contributed by atoms with van der Waals surface area (Å²) >= 11 is 0.